The molecule has 18 heavy (non-hydrogen) atoms. The van der Waals surface area contributed by atoms with Crippen LogP contribution >= 0.6 is 0 Å². The number of hydrogen-bond acceptors (Lipinski definition) is 4. The highest BCUT2D eigenvalue weighted by Crippen LogP contribution is 2.28. The quantitative estimate of drug-likeness (QED) is 0.817. The van der Waals surface area contributed by atoms with Crippen molar-refractivity contribution in [2.24, 2.45) is 0 Å². The molecule has 4 nitrogen and oxygen atoms in total. The Morgan fingerprint density at radius 3 is 2.67 bits per heavy atom. The molecule has 1 N–H and O–H groups in total. The average Bonchev–Trinajstić information content (AvgIpc) is 2.86. The number of ketones is 1. The zero-order chi connectivity index (χ0) is 13.0. The van der Waals surface area contributed by atoms with Gasteiger partial charge in [0.1, 0.15) is 0 Å². The van der Waals surface area contributed by atoms with E-state index < -0.39 is 0 Å². The monoisotopic (exact) mass is 251 g/mol. The van der Waals surface area contributed by atoms with Crippen LogP contribution in [0.4, 0.5) is 5.88 Å². The molecule has 2 rings (SSSR count). The van der Waals surface area contributed by atoms with Crippen LogP contribution in [-0.4, -0.2) is 30.1 Å². The second-order valence-electron chi connectivity index (χ2n) is 4.90. The number of aliphatic hydroxyl groups excluding tert-OH is 1. The summed E-state index contributed by atoms with van der Waals surface area (Å²) >= 11 is 0. The predicted octanol–water partition coefficient (Wildman–Crippen LogP) is 2.61. The van der Waals surface area contributed by atoms with Crippen molar-refractivity contribution in [1.82, 2.24) is 0 Å². The number of rotatable bonds is 5. The van der Waals surface area contributed by atoms with Crippen molar-refractivity contribution in [2.75, 3.05) is 18.1 Å². The van der Waals surface area contributed by atoms with Crippen molar-refractivity contribution in [3.63, 3.8) is 0 Å². The van der Waals surface area contributed by atoms with Crippen LogP contribution in [0.2, 0.25) is 0 Å². The Hall–Kier alpha value is -1.29. The zero-order valence-electron chi connectivity index (χ0n) is 10.9. The summed E-state index contributed by atoms with van der Waals surface area (Å²) in [6, 6.07) is 3.98. The molecule has 1 heterocycles. The Morgan fingerprint density at radius 2 is 2.11 bits per heavy atom. The summed E-state index contributed by atoms with van der Waals surface area (Å²) in [4.78, 5) is 13.4. The van der Waals surface area contributed by atoms with E-state index in [1.165, 1.54) is 26.2 Å². The van der Waals surface area contributed by atoms with Crippen LogP contribution in [0.3, 0.4) is 0 Å². The second kappa shape index (κ2) is 6.05. The summed E-state index contributed by atoms with van der Waals surface area (Å²) in [5.74, 6) is 1.04. The fourth-order valence-corrected chi connectivity index (χ4v) is 2.64. The molecule has 0 atom stereocenters. The molecule has 0 aliphatic heterocycles. The summed E-state index contributed by atoms with van der Waals surface area (Å²) < 4.78 is 5.58. The maximum Gasteiger partial charge on any atom is 0.196 e. The van der Waals surface area contributed by atoms with Crippen molar-refractivity contribution in [2.45, 2.75) is 45.1 Å². The molecule has 100 valence electrons. The molecule has 1 fully saturated rings. The molecule has 0 aromatic carbocycles. The molecular weight excluding hydrogens is 230 g/mol. The summed E-state index contributed by atoms with van der Waals surface area (Å²) in [7, 11) is 0. The third-order valence-corrected chi connectivity index (χ3v) is 3.58. The Balaban J connectivity index is 2.14. The van der Waals surface area contributed by atoms with E-state index in [2.05, 4.69) is 4.90 Å². The van der Waals surface area contributed by atoms with Crippen molar-refractivity contribution < 1.29 is 14.3 Å². The number of carbonyl (C=O) groups excluding carboxylic acids is 1. The molecule has 0 radical (unpaired) electrons. The molecule has 0 amide bonds. The van der Waals surface area contributed by atoms with Gasteiger partial charge in [-0.15, -0.1) is 0 Å². The summed E-state index contributed by atoms with van der Waals surface area (Å²) in [5, 5.41) is 9.19. The van der Waals surface area contributed by atoms with E-state index in [-0.39, 0.29) is 12.4 Å². The van der Waals surface area contributed by atoms with Crippen LogP contribution in [0, 0.1) is 0 Å². The molecule has 0 spiro atoms. The Bertz CT molecular complexity index is 393. The standard InChI is InChI=1S/C14H21NO3/c1-11(17)13-7-8-14(18-13)15(9-10-16)12-5-3-2-4-6-12/h7-8,12,16H,2-6,9-10H2,1H3. The Morgan fingerprint density at radius 1 is 1.39 bits per heavy atom. The van der Waals surface area contributed by atoms with E-state index in [9.17, 15) is 9.90 Å². The fraction of sp³-hybridized carbons (Fsp3) is 0.643. The van der Waals surface area contributed by atoms with Crippen LogP contribution < -0.4 is 4.90 Å². The van der Waals surface area contributed by atoms with E-state index in [1.807, 2.05) is 6.07 Å². The van der Waals surface area contributed by atoms with E-state index in [0.29, 0.717) is 24.2 Å². The molecule has 1 aromatic heterocycles. The summed E-state index contributed by atoms with van der Waals surface area (Å²) in [5.41, 5.74) is 0. The van der Waals surface area contributed by atoms with Gasteiger partial charge in [0, 0.05) is 25.6 Å². The number of furan rings is 1. The van der Waals surface area contributed by atoms with Gasteiger partial charge in [-0.3, -0.25) is 4.79 Å². The van der Waals surface area contributed by atoms with Gasteiger partial charge in [0.2, 0.25) is 0 Å². The lowest BCUT2D eigenvalue weighted by Gasteiger charge is -2.33. The lowest BCUT2D eigenvalue weighted by Crippen LogP contribution is -2.38. The van der Waals surface area contributed by atoms with E-state index in [0.717, 1.165) is 12.8 Å². The maximum absolute atomic E-state index is 11.3. The molecule has 1 aliphatic carbocycles. The number of carbonyl (C=O) groups is 1. The van der Waals surface area contributed by atoms with E-state index in [4.69, 9.17) is 4.42 Å². The van der Waals surface area contributed by atoms with Gasteiger partial charge in [0.15, 0.2) is 17.4 Å². The first-order valence-corrected chi connectivity index (χ1v) is 6.70. The molecule has 0 bridgehead atoms. The van der Waals surface area contributed by atoms with E-state index in [1.54, 1.807) is 6.07 Å². The lowest BCUT2D eigenvalue weighted by atomic mass is 9.94. The van der Waals surface area contributed by atoms with Gasteiger partial charge in [0.05, 0.1) is 6.61 Å². The second-order valence-corrected chi connectivity index (χ2v) is 4.90. The molecular formula is C14H21NO3. The van der Waals surface area contributed by atoms with Crippen molar-refractivity contribution in [3.8, 4) is 0 Å². The Kier molecular flexibility index (Phi) is 4.42. The van der Waals surface area contributed by atoms with Crippen LogP contribution in [0.15, 0.2) is 16.5 Å². The van der Waals surface area contributed by atoms with Gasteiger partial charge in [-0.2, -0.15) is 0 Å². The van der Waals surface area contributed by atoms with Crippen LogP contribution in [0.25, 0.3) is 0 Å². The first-order chi connectivity index (χ1) is 8.72. The number of nitrogens with zero attached hydrogens (tertiary/aromatic N) is 1. The third-order valence-electron chi connectivity index (χ3n) is 3.58. The highest BCUT2D eigenvalue weighted by Gasteiger charge is 2.23. The highest BCUT2D eigenvalue weighted by atomic mass is 16.4. The Labute approximate surface area is 108 Å². The molecule has 1 aliphatic rings. The van der Waals surface area contributed by atoms with Crippen LogP contribution in [-0.2, 0) is 0 Å². The maximum atomic E-state index is 11.3. The van der Waals surface area contributed by atoms with Gasteiger partial charge in [0.25, 0.3) is 0 Å². The van der Waals surface area contributed by atoms with Gasteiger partial charge in [-0.1, -0.05) is 19.3 Å². The molecule has 4 heteroatoms. The molecule has 0 unspecified atom stereocenters. The van der Waals surface area contributed by atoms with Gasteiger partial charge >= 0.3 is 0 Å². The van der Waals surface area contributed by atoms with Gasteiger partial charge in [-0.25, -0.2) is 0 Å². The number of Topliss-reactive ketones (excluding diaryl/α,β-unsaturated/α-hetero) is 1. The first-order valence-electron chi connectivity index (χ1n) is 6.70. The van der Waals surface area contributed by atoms with Crippen molar-refractivity contribution >= 4 is 11.7 Å². The zero-order valence-corrected chi connectivity index (χ0v) is 10.9. The smallest absolute Gasteiger partial charge is 0.196 e. The van der Waals surface area contributed by atoms with Crippen LogP contribution in [0.1, 0.15) is 49.6 Å². The largest absolute Gasteiger partial charge is 0.437 e. The average molecular weight is 251 g/mol. The minimum absolute atomic E-state index is 0.0613. The lowest BCUT2D eigenvalue weighted by molar-refractivity contribution is 0.0987. The number of aliphatic hydroxyl groups is 1. The topological polar surface area (TPSA) is 53.7 Å². The SMILES string of the molecule is CC(=O)c1ccc(N(CCO)C2CCCCC2)o1. The minimum atomic E-state index is -0.0613. The fourth-order valence-electron chi connectivity index (χ4n) is 2.64. The first kappa shape index (κ1) is 13.1. The highest BCUT2D eigenvalue weighted by molar-refractivity contribution is 5.91. The number of hydrogen-bond donors (Lipinski definition) is 1. The van der Waals surface area contributed by atoms with Crippen LogP contribution in [0.5, 0.6) is 0 Å². The van der Waals surface area contributed by atoms with E-state index >= 15 is 0 Å². The predicted molar refractivity (Wildman–Crippen MR) is 70.0 cm³/mol. The molecule has 0 saturated heterocycles. The number of anilines is 1. The summed E-state index contributed by atoms with van der Waals surface area (Å²) in [6.45, 7) is 2.17. The minimum Gasteiger partial charge on any atom is -0.437 e. The molecule has 1 saturated carbocycles. The van der Waals surface area contributed by atoms with Crippen molar-refractivity contribution in [1.29, 1.82) is 0 Å². The molecule has 1 aromatic rings. The van der Waals surface area contributed by atoms with Gasteiger partial charge in [-0.05, 0) is 18.9 Å². The summed E-state index contributed by atoms with van der Waals surface area (Å²) in [6.07, 6.45) is 6.02. The third kappa shape index (κ3) is 2.93. The normalized spacial score (nSPS) is 16.8. The van der Waals surface area contributed by atoms with Crippen molar-refractivity contribution in [3.05, 3.63) is 17.9 Å². The van der Waals surface area contributed by atoms with Gasteiger partial charge < -0.3 is 14.4 Å².